The Labute approximate surface area is 92.6 Å². The molecule has 15 heavy (non-hydrogen) atoms. The maximum absolute atomic E-state index is 3.36. The van der Waals surface area contributed by atoms with E-state index in [1.165, 1.54) is 16.7 Å². The Bertz CT molecular complexity index is 410. The normalized spacial score (nSPS) is 10.1. The molecule has 78 valence electrons. The zero-order valence-electron chi connectivity index (χ0n) is 9.96. The summed E-state index contributed by atoms with van der Waals surface area (Å²) in [6.45, 7) is 8.28. The van der Waals surface area contributed by atoms with Gasteiger partial charge in [-0.1, -0.05) is 42.0 Å². The Kier molecular flexibility index (Phi) is 4.15. The SMILES string of the molecule is C/C=C/C(C)=C=C(C)c1ccc(C)cc1. The maximum atomic E-state index is 3.36. The van der Waals surface area contributed by atoms with Gasteiger partial charge in [0.25, 0.3) is 0 Å². The van der Waals surface area contributed by atoms with Crippen molar-refractivity contribution < 1.29 is 0 Å². The molecule has 0 aromatic heterocycles. The van der Waals surface area contributed by atoms with Gasteiger partial charge in [-0.05, 0) is 44.4 Å². The molecule has 0 bridgehead atoms. The molecule has 0 radical (unpaired) electrons. The van der Waals surface area contributed by atoms with Crippen molar-refractivity contribution in [3.8, 4) is 0 Å². The Morgan fingerprint density at radius 3 is 2.27 bits per heavy atom. The van der Waals surface area contributed by atoms with Gasteiger partial charge in [-0.2, -0.15) is 0 Å². The Morgan fingerprint density at radius 2 is 1.73 bits per heavy atom. The van der Waals surface area contributed by atoms with Crippen LogP contribution in [0.3, 0.4) is 0 Å². The standard InChI is InChI=1S/C15H18/c1-5-6-13(3)11-14(4)15-9-7-12(2)8-10-15/h5-10H,1-4H3/b6-5+. The van der Waals surface area contributed by atoms with Crippen LogP contribution in [-0.2, 0) is 0 Å². The molecular weight excluding hydrogens is 180 g/mol. The van der Waals surface area contributed by atoms with E-state index in [0.29, 0.717) is 0 Å². The van der Waals surface area contributed by atoms with Crippen molar-refractivity contribution in [2.45, 2.75) is 27.7 Å². The second-order valence-corrected chi connectivity index (χ2v) is 3.80. The average molecular weight is 198 g/mol. The van der Waals surface area contributed by atoms with E-state index >= 15 is 0 Å². The minimum absolute atomic E-state index is 1.16. The van der Waals surface area contributed by atoms with Crippen LogP contribution in [0.4, 0.5) is 0 Å². The lowest BCUT2D eigenvalue weighted by atomic mass is 10.1. The van der Waals surface area contributed by atoms with Crippen LogP contribution in [0.1, 0.15) is 31.9 Å². The molecule has 0 amide bonds. The molecule has 0 aliphatic rings. The summed E-state index contributed by atoms with van der Waals surface area (Å²) in [6, 6.07) is 8.54. The highest BCUT2D eigenvalue weighted by atomic mass is 14.0. The molecule has 0 heterocycles. The number of hydrogen-bond acceptors (Lipinski definition) is 0. The van der Waals surface area contributed by atoms with E-state index in [1.54, 1.807) is 0 Å². The highest BCUT2D eigenvalue weighted by Gasteiger charge is 1.93. The molecule has 0 fully saturated rings. The van der Waals surface area contributed by atoms with Gasteiger partial charge in [-0.3, -0.25) is 0 Å². The number of allylic oxidation sites excluding steroid dienone is 3. The van der Waals surface area contributed by atoms with Gasteiger partial charge in [0.1, 0.15) is 0 Å². The highest BCUT2D eigenvalue weighted by Crippen LogP contribution is 2.13. The van der Waals surface area contributed by atoms with Crippen LogP contribution in [0, 0.1) is 6.92 Å². The number of hydrogen-bond donors (Lipinski definition) is 0. The van der Waals surface area contributed by atoms with Crippen LogP contribution >= 0.6 is 0 Å². The van der Waals surface area contributed by atoms with Gasteiger partial charge >= 0.3 is 0 Å². The minimum Gasteiger partial charge on any atom is -0.114 e. The molecule has 0 atom stereocenters. The van der Waals surface area contributed by atoms with Crippen molar-refractivity contribution in [3.63, 3.8) is 0 Å². The fourth-order valence-corrected chi connectivity index (χ4v) is 1.46. The summed E-state index contributed by atoms with van der Waals surface area (Å²) in [4.78, 5) is 0. The second kappa shape index (κ2) is 5.38. The third-order valence-electron chi connectivity index (χ3n) is 2.29. The molecule has 0 nitrogen and oxygen atoms in total. The Balaban J connectivity index is 3.08. The van der Waals surface area contributed by atoms with Gasteiger partial charge in [-0.15, -0.1) is 5.73 Å². The fourth-order valence-electron chi connectivity index (χ4n) is 1.46. The first-order valence-corrected chi connectivity index (χ1v) is 5.27. The average Bonchev–Trinajstić information content (AvgIpc) is 2.18. The zero-order valence-corrected chi connectivity index (χ0v) is 9.96. The second-order valence-electron chi connectivity index (χ2n) is 3.80. The number of benzene rings is 1. The smallest absolute Gasteiger partial charge is 0.00162 e. The molecule has 0 aliphatic heterocycles. The molecule has 1 rings (SSSR count). The molecule has 0 saturated carbocycles. The third-order valence-corrected chi connectivity index (χ3v) is 2.29. The van der Waals surface area contributed by atoms with E-state index in [4.69, 9.17) is 0 Å². The first-order valence-electron chi connectivity index (χ1n) is 5.27. The van der Waals surface area contributed by atoms with Crippen LogP contribution in [0.5, 0.6) is 0 Å². The summed E-state index contributed by atoms with van der Waals surface area (Å²) in [5.41, 5.74) is 8.24. The van der Waals surface area contributed by atoms with E-state index in [0.717, 1.165) is 5.57 Å². The summed E-state index contributed by atoms with van der Waals surface area (Å²) < 4.78 is 0. The van der Waals surface area contributed by atoms with Crippen LogP contribution in [0.2, 0.25) is 0 Å². The number of aryl methyl sites for hydroxylation is 1. The molecule has 0 saturated heterocycles. The Hall–Kier alpha value is -1.52. The van der Waals surface area contributed by atoms with Gasteiger partial charge in [-0.25, -0.2) is 0 Å². The molecule has 1 aromatic rings. The molecule has 0 N–H and O–H groups in total. The van der Waals surface area contributed by atoms with Crippen molar-refractivity contribution in [3.05, 3.63) is 58.8 Å². The first-order chi connectivity index (χ1) is 7.13. The predicted molar refractivity (Wildman–Crippen MR) is 67.8 cm³/mol. The van der Waals surface area contributed by atoms with Crippen LogP contribution in [0.25, 0.3) is 5.57 Å². The molecule has 0 spiro atoms. The minimum atomic E-state index is 1.16. The lowest BCUT2D eigenvalue weighted by Crippen LogP contribution is -1.78. The zero-order chi connectivity index (χ0) is 11.3. The lowest BCUT2D eigenvalue weighted by molar-refractivity contribution is 1.44. The fraction of sp³-hybridized carbons (Fsp3) is 0.267. The predicted octanol–water partition coefficient (Wildman–Crippen LogP) is 4.52. The van der Waals surface area contributed by atoms with E-state index in [2.05, 4.69) is 56.8 Å². The van der Waals surface area contributed by atoms with Gasteiger partial charge in [0, 0.05) is 0 Å². The van der Waals surface area contributed by atoms with Crippen LogP contribution in [0.15, 0.2) is 47.7 Å². The van der Waals surface area contributed by atoms with Crippen molar-refractivity contribution >= 4 is 5.57 Å². The van der Waals surface area contributed by atoms with Crippen molar-refractivity contribution in [2.75, 3.05) is 0 Å². The summed E-state index contributed by atoms with van der Waals surface area (Å²) >= 11 is 0. The van der Waals surface area contributed by atoms with E-state index in [-0.39, 0.29) is 0 Å². The van der Waals surface area contributed by atoms with E-state index < -0.39 is 0 Å². The molecule has 0 aliphatic carbocycles. The lowest BCUT2D eigenvalue weighted by Gasteiger charge is -1.99. The monoisotopic (exact) mass is 198 g/mol. The Morgan fingerprint density at radius 1 is 1.13 bits per heavy atom. The highest BCUT2D eigenvalue weighted by molar-refractivity contribution is 5.64. The summed E-state index contributed by atoms with van der Waals surface area (Å²) in [6.07, 6.45) is 4.10. The first kappa shape index (κ1) is 11.6. The quantitative estimate of drug-likeness (QED) is 0.484. The van der Waals surface area contributed by atoms with Crippen LogP contribution < -0.4 is 0 Å². The summed E-state index contributed by atoms with van der Waals surface area (Å²) in [5.74, 6) is 0. The molecule has 0 heteroatoms. The third kappa shape index (κ3) is 3.61. The van der Waals surface area contributed by atoms with Gasteiger partial charge < -0.3 is 0 Å². The number of rotatable bonds is 2. The van der Waals surface area contributed by atoms with Gasteiger partial charge in [0.2, 0.25) is 0 Å². The van der Waals surface area contributed by atoms with E-state index in [1.807, 2.05) is 13.0 Å². The molecule has 0 unspecified atom stereocenters. The molecule has 1 aromatic carbocycles. The molecular formula is C15H18. The van der Waals surface area contributed by atoms with Gasteiger partial charge in [0.15, 0.2) is 0 Å². The maximum Gasteiger partial charge on any atom is -0.00162 e. The topological polar surface area (TPSA) is 0 Å². The van der Waals surface area contributed by atoms with Crippen molar-refractivity contribution in [1.29, 1.82) is 0 Å². The van der Waals surface area contributed by atoms with E-state index in [9.17, 15) is 0 Å². The van der Waals surface area contributed by atoms with Crippen LogP contribution in [-0.4, -0.2) is 0 Å². The van der Waals surface area contributed by atoms with Gasteiger partial charge in [0.05, 0.1) is 0 Å². The largest absolute Gasteiger partial charge is 0.114 e. The van der Waals surface area contributed by atoms with Crippen molar-refractivity contribution in [1.82, 2.24) is 0 Å². The van der Waals surface area contributed by atoms with Crippen molar-refractivity contribution in [2.24, 2.45) is 0 Å². The summed E-state index contributed by atoms with van der Waals surface area (Å²) in [7, 11) is 0. The summed E-state index contributed by atoms with van der Waals surface area (Å²) in [5, 5.41) is 0.